The molecule has 28 heavy (non-hydrogen) atoms. The van der Waals surface area contributed by atoms with Crippen molar-refractivity contribution in [2.24, 2.45) is 12.0 Å². The van der Waals surface area contributed by atoms with Crippen molar-refractivity contribution < 1.29 is 17.9 Å². The third-order valence-electron chi connectivity index (χ3n) is 4.56. The molecule has 0 radical (unpaired) electrons. The van der Waals surface area contributed by atoms with Crippen LogP contribution in [0.5, 0.6) is 0 Å². The van der Waals surface area contributed by atoms with E-state index in [2.05, 4.69) is 30.7 Å². The molecule has 11 heteroatoms. The molecule has 0 aromatic carbocycles. The Morgan fingerprint density at radius 1 is 1.14 bits per heavy atom. The highest BCUT2D eigenvalue weighted by atomic mass is 19.4. The molecular weight excluding hydrogens is 375 g/mol. The normalized spacial score (nSPS) is 16.4. The third-order valence-corrected chi connectivity index (χ3v) is 4.56. The SMILES string of the molecule is Cc1nnc(CN=C(NCCCCC(F)(F)F)NCCN2CCOCC2)n1C. The van der Waals surface area contributed by atoms with Crippen LogP contribution in [0.2, 0.25) is 0 Å². The molecule has 0 spiro atoms. The minimum Gasteiger partial charge on any atom is -0.379 e. The smallest absolute Gasteiger partial charge is 0.379 e. The number of rotatable bonds is 9. The van der Waals surface area contributed by atoms with Crippen molar-refractivity contribution >= 4 is 5.96 Å². The van der Waals surface area contributed by atoms with Gasteiger partial charge in [-0.2, -0.15) is 13.2 Å². The minimum absolute atomic E-state index is 0.0973. The van der Waals surface area contributed by atoms with E-state index in [-0.39, 0.29) is 6.42 Å². The summed E-state index contributed by atoms with van der Waals surface area (Å²) in [6, 6.07) is 0. The number of alkyl halides is 3. The quantitative estimate of drug-likeness (QED) is 0.365. The van der Waals surface area contributed by atoms with Crippen LogP contribution in [0, 0.1) is 6.92 Å². The maximum absolute atomic E-state index is 12.2. The first-order valence-electron chi connectivity index (χ1n) is 9.59. The molecule has 1 aliphatic rings. The fourth-order valence-electron chi connectivity index (χ4n) is 2.73. The number of hydrogen-bond donors (Lipinski definition) is 2. The lowest BCUT2D eigenvalue weighted by molar-refractivity contribution is -0.135. The average Bonchev–Trinajstić information content (AvgIpc) is 2.97. The van der Waals surface area contributed by atoms with Crippen LogP contribution in [-0.4, -0.2) is 77.7 Å². The van der Waals surface area contributed by atoms with E-state index in [4.69, 9.17) is 4.74 Å². The van der Waals surface area contributed by atoms with Gasteiger partial charge in [0.25, 0.3) is 0 Å². The van der Waals surface area contributed by atoms with Gasteiger partial charge in [0.2, 0.25) is 0 Å². The molecule has 0 saturated carbocycles. The zero-order valence-corrected chi connectivity index (χ0v) is 16.6. The number of hydrogen-bond acceptors (Lipinski definition) is 5. The van der Waals surface area contributed by atoms with E-state index in [1.807, 2.05) is 18.5 Å². The number of aryl methyl sites for hydroxylation is 1. The van der Waals surface area contributed by atoms with Gasteiger partial charge < -0.3 is 19.9 Å². The molecule has 2 N–H and O–H groups in total. The van der Waals surface area contributed by atoms with E-state index < -0.39 is 12.6 Å². The Morgan fingerprint density at radius 3 is 2.50 bits per heavy atom. The van der Waals surface area contributed by atoms with Crippen LogP contribution in [-0.2, 0) is 18.3 Å². The molecule has 8 nitrogen and oxygen atoms in total. The summed E-state index contributed by atoms with van der Waals surface area (Å²) >= 11 is 0. The van der Waals surface area contributed by atoms with Crippen LogP contribution >= 0.6 is 0 Å². The third kappa shape index (κ3) is 8.42. The molecule has 0 unspecified atom stereocenters. The summed E-state index contributed by atoms with van der Waals surface area (Å²) in [7, 11) is 1.87. The van der Waals surface area contributed by atoms with Gasteiger partial charge in [0.1, 0.15) is 12.4 Å². The molecule has 1 fully saturated rings. The number of nitrogens with zero attached hydrogens (tertiary/aromatic N) is 5. The standard InChI is InChI=1S/C17H30F3N7O/c1-14-24-25-15(26(14)2)13-23-16(21-6-4-3-5-17(18,19)20)22-7-8-27-9-11-28-12-10-27/h3-13H2,1-2H3,(H2,21,22,23). The second-order valence-electron chi connectivity index (χ2n) is 6.77. The molecule has 1 aromatic heterocycles. The zero-order chi connectivity index (χ0) is 20.4. The molecule has 160 valence electrons. The number of unbranched alkanes of at least 4 members (excludes halogenated alkanes) is 1. The summed E-state index contributed by atoms with van der Waals surface area (Å²) in [5.74, 6) is 2.09. The Balaban J connectivity index is 1.81. The second kappa shape index (κ2) is 11.2. The van der Waals surface area contributed by atoms with Crippen LogP contribution in [0.3, 0.4) is 0 Å². The molecule has 0 amide bonds. The van der Waals surface area contributed by atoms with E-state index in [1.165, 1.54) is 0 Å². The van der Waals surface area contributed by atoms with Gasteiger partial charge in [0, 0.05) is 46.2 Å². The Hall–Kier alpha value is -1.88. The Labute approximate surface area is 163 Å². The summed E-state index contributed by atoms with van der Waals surface area (Å²) in [6.45, 7) is 7.44. The highest BCUT2D eigenvalue weighted by Crippen LogP contribution is 2.21. The lowest BCUT2D eigenvalue weighted by atomic mass is 10.2. The number of morpholine rings is 1. The first-order chi connectivity index (χ1) is 13.3. The first kappa shape index (κ1) is 22.4. The summed E-state index contributed by atoms with van der Waals surface area (Å²) < 4.78 is 43.9. The van der Waals surface area contributed by atoms with Crippen molar-refractivity contribution in [1.29, 1.82) is 0 Å². The largest absolute Gasteiger partial charge is 0.389 e. The topological polar surface area (TPSA) is 79.6 Å². The molecule has 0 atom stereocenters. The van der Waals surface area contributed by atoms with Crippen molar-refractivity contribution in [3.63, 3.8) is 0 Å². The fourth-order valence-corrected chi connectivity index (χ4v) is 2.73. The first-order valence-corrected chi connectivity index (χ1v) is 9.59. The van der Waals surface area contributed by atoms with Crippen LogP contribution in [0.25, 0.3) is 0 Å². The van der Waals surface area contributed by atoms with Crippen molar-refractivity contribution in [2.45, 2.75) is 38.9 Å². The maximum Gasteiger partial charge on any atom is 0.389 e. The average molecular weight is 405 g/mol. The van der Waals surface area contributed by atoms with Gasteiger partial charge in [-0.3, -0.25) is 4.90 Å². The number of aromatic nitrogens is 3. The van der Waals surface area contributed by atoms with Crippen molar-refractivity contribution in [3.8, 4) is 0 Å². The van der Waals surface area contributed by atoms with E-state index in [0.717, 1.165) is 44.5 Å². The van der Waals surface area contributed by atoms with Crippen LogP contribution < -0.4 is 10.6 Å². The predicted octanol–water partition coefficient (Wildman–Crippen LogP) is 1.22. The van der Waals surface area contributed by atoms with Crippen LogP contribution in [0.1, 0.15) is 30.9 Å². The number of guanidine groups is 1. The molecule has 1 aromatic rings. The summed E-state index contributed by atoms with van der Waals surface area (Å²) in [5.41, 5.74) is 0. The van der Waals surface area contributed by atoms with E-state index >= 15 is 0 Å². The van der Waals surface area contributed by atoms with Gasteiger partial charge in [-0.1, -0.05) is 0 Å². The lowest BCUT2D eigenvalue weighted by Gasteiger charge is -2.26. The van der Waals surface area contributed by atoms with Gasteiger partial charge in [0.05, 0.1) is 13.2 Å². The number of ether oxygens (including phenoxy) is 1. The molecular formula is C17H30F3N7O. The molecule has 1 aliphatic heterocycles. The van der Waals surface area contributed by atoms with E-state index in [1.54, 1.807) is 0 Å². The summed E-state index contributed by atoms with van der Waals surface area (Å²) in [6.07, 6.45) is -4.34. The van der Waals surface area contributed by atoms with Crippen LogP contribution in [0.15, 0.2) is 4.99 Å². The highest BCUT2D eigenvalue weighted by molar-refractivity contribution is 5.79. The fraction of sp³-hybridized carbons (Fsp3) is 0.824. The lowest BCUT2D eigenvalue weighted by Crippen LogP contribution is -2.44. The zero-order valence-electron chi connectivity index (χ0n) is 16.6. The number of aliphatic imine (C=N–C) groups is 1. The molecule has 0 bridgehead atoms. The number of halogens is 3. The Morgan fingerprint density at radius 2 is 1.86 bits per heavy atom. The minimum atomic E-state index is -4.10. The number of nitrogens with one attached hydrogen (secondary N) is 2. The van der Waals surface area contributed by atoms with Gasteiger partial charge in [0.15, 0.2) is 11.8 Å². The molecule has 2 heterocycles. The molecule has 0 aliphatic carbocycles. The van der Waals surface area contributed by atoms with Crippen molar-refractivity contribution in [1.82, 2.24) is 30.3 Å². The second-order valence-corrected chi connectivity index (χ2v) is 6.77. The summed E-state index contributed by atoms with van der Waals surface area (Å²) in [5, 5.41) is 14.4. The maximum atomic E-state index is 12.2. The Kier molecular flexibility index (Phi) is 8.97. The van der Waals surface area contributed by atoms with Crippen LogP contribution in [0.4, 0.5) is 13.2 Å². The summed E-state index contributed by atoms with van der Waals surface area (Å²) in [4.78, 5) is 6.80. The van der Waals surface area contributed by atoms with Crippen molar-refractivity contribution in [3.05, 3.63) is 11.6 Å². The van der Waals surface area contributed by atoms with E-state index in [0.29, 0.717) is 32.0 Å². The predicted molar refractivity (Wildman–Crippen MR) is 100 cm³/mol. The Bertz CT molecular complexity index is 612. The van der Waals surface area contributed by atoms with Gasteiger partial charge in [-0.25, -0.2) is 4.99 Å². The molecule has 1 saturated heterocycles. The van der Waals surface area contributed by atoms with Gasteiger partial charge in [-0.05, 0) is 19.8 Å². The van der Waals surface area contributed by atoms with E-state index in [9.17, 15) is 13.2 Å². The molecule has 2 rings (SSSR count). The monoisotopic (exact) mass is 405 g/mol. The van der Waals surface area contributed by atoms with Gasteiger partial charge in [-0.15, -0.1) is 10.2 Å². The van der Waals surface area contributed by atoms with Crippen molar-refractivity contribution in [2.75, 3.05) is 45.9 Å². The van der Waals surface area contributed by atoms with Gasteiger partial charge >= 0.3 is 6.18 Å². The highest BCUT2D eigenvalue weighted by Gasteiger charge is 2.25.